The van der Waals surface area contributed by atoms with Gasteiger partial charge in [-0.25, -0.2) is 4.98 Å². The number of likely N-dealkylation sites (tertiary alicyclic amines) is 1. The number of methoxy groups -OCH3 is 3. The topological polar surface area (TPSA) is 86.9 Å². The Morgan fingerprint density at radius 2 is 1.96 bits per heavy atom. The number of carbonyl (C=O) groups excluding carboxylic acids is 1. The molecular formula is C18H23N3O4. The Balaban J connectivity index is 1.94. The average molecular weight is 345 g/mol. The van der Waals surface area contributed by atoms with Crippen LogP contribution in [0.5, 0.6) is 11.5 Å². The highest BCUT2D eigenvalue weighted by atomic mass is 16.5. The summed E-state index contributed by atoms with van der Waals surface area (Å²) < 4.78 is 15.6. The van der Waals surface area contributed by atoms with Crippen molar-refractivity contribution >= 4 is 22.7 Å². The van der Waals surface area contributed by atoms with E-state index in [4.69, 9.17) is 19.9 Å². The second kappa shape index (κ2) is 7.14. The van der Waals surface area contributed by atoms with Crippen molar-refractivity contribution < 1.29 is 19.0 Å². The molecule has 0 unspecified atom stereocenters. The van der Waals surface area contributed by atoms with E-state index in [0.717, 1.165) is 35.9 Å². The SMILES string of the molecule is COC(=O)[C@@H]1CCCN1Cc1cc2cc(OC)c(OC)cc2nc1N. The number of rotatable bonds is 5. The molecule has 0 saturated carbocycles. The normalized spacial score (nSPS) is 17.6. The van der Waals surface area contributed by atoms with Crippen LogP contribution in [-0.2, 0) is 16.1 Å². The third kappa shape index (κ3) is 3.32. The van der Waals surface area contributed by atoms with Gasteiger partial charge in [0.1, 0.15) is 11.9 Å². The van der Waals surface area contributed by atoms with Gasteiger partial charge in [0.15, 0.2) is 11.5 Å². The fourth-order valence-corrected chi connectivity index (χ4v) is 3.32. The molecule has 134 valence electrons. The molecule has 2 aromatic rings. The number of hydrogen-bond donors (Lipinski definition) is 1. The van der Waals surface area contributed by atoms with Gasteiger partial charge in [-0.2, -0.15) is 0 Å². The molecule has 0 bridgehead atoms. The average Bonchev–Trinajstić information content (AvgIpc) is 3.08. The molecular weight excluding hydrogens is 322 g/mol. The van der Waals surface area contributed by atoms with Gasteiger partial charge in [0, 0.05) is 23.6 Å². The maximum atomic E-state index is 11.9. The lowest BCUT2D eigenvalue weighted by Gasteiger charge is -2.23. The zero-order chi connectivity index (χ0) is 18.0. The van der Waals surface area contributed by atoms with Crippen molar-refractivity contribution in [2.75, 3.05) is 33.6 Å². The minimum Gasteiger partial charge on any atom is -0.493 e. The lowest BCUT2D eigenvalue weighted by atomic mass is 10.1. The van der Waals surface area contributed by atoms with Crippen molar-refractivity contribution in [1.82, 2.24) is 9.88 Å². The van der Waals surface area contributed by atoms with Gasteiger partial charge in [0.2, 0.25) is 0 Å². The first kappa shape index (κ1) is 17.3. The maximum absolute atomic E-state index is 11.9. The number of anilines is 1. The van der Waals surface area contributed by atoms with Gasteiger partial charge in [0.05, 0.1) is 26.8 Å². The quantitative estimate of drug-likeness (QED) is 0.829. The Morgan fingerprint density at radius 1 is 1.24 bits per heavy atom. The second-order valence-electron chi connectivity index (χ2n) is 6.08. The first-order valence-electron chi connectivity index (χ1n) is 8.20. The highest BCUT2D eigenvalue weighted by Crippen LogP contribution is 2.33. The van der Waals surface area contributed by atoms with Gasteiger partial charge < -0.3 is 19.9 Å². The predicted octanol–water partition coefficient (Wildman–Crippen LogP) is 1.97. The van der Waals surface area contributed by atoms with Crippen molar-refractivity contribution in [3.8, 4) is 11.5 Å². The van der Waals surface area contributed by atoms with E-state index in [2.05, 4.69) is 9.88 Å². The molecule has 1 saturated heterocycles. The van der Waals surface area contributed by atoms with Crippen LogP contribution >= 0.6 is 0 Å². The molecule has 7 nitrogen and oxygen atoms in total. The van der Waals surface area contributed by atoms with Gasteiger partial charge in [0.25, 0.3) is 0 Å². The first-order chi connectivity index (χ1) is 12.1. The van der Waals surface area contributed by atoms with E-state index in [0.29, 0.717) is 23.9 Å². The van der Waals surface area contributed by atoms with E-state index in [-0.39, 0.29) is 12.0 Å². The van der Waals surface area contributed by atoms with Crippen molar-refractivity contribution in [3.05, 3.63) is 23.8 Å². The van der Waals surface area contributed by atoms with Gasteiger partial charge in [-0.3, -0.25) is 9.69 Å². The molecule has 1 aliphatic rings. The molecule has 25 heavy (non-hydrogen) atoms. The van der Waals surface area contributed by atoms with E-state index >= 15 is 0 Å². The number of hydrogen-bond acceptors (Lipinski definition) is 7. The van der Waals surface area contributed by atoms with Crippen LogP contribution in [0.25, 0.3) is 10.9 Å². The summed E-state index contributed by atoms with van der Waals surface area (Å²) in [6, 6.07) is 5.46. The van der Waals surface area contributed by atoms with E-state index in [9.17, 15) is 4.79 Å². The number of nitrogens with zero attached hydrogens (tertiary/aromatic N) is 2. The first-order valence-corrected chi connectivity index (χ1v) is 8.20. The van der Waals surface area contributed by atoms with Crippen LogP contribution in [0.15, 0.2) is 18.2 Å². The number of carbonyl (C=O) groups is 1. The molecule has 0 amide bonds. The summed E-state index contributed by atoms with van der Waals surface area (Å²) in [7, 11) is 4.60. The van der Waals surface area contributed by atoms with E-state index in [1.165, 1.54) is 7.11 Å². The fraction of sp³-hybridized carbons (Fsp3) is 0.444. The molecule has 3 rings (SSSR count). The summed E-state index contributed by atoms with van der Waals surface area (Å²) in [6.07, 6.45) is 1.77. The molecule has 1 aliphatic heterocycles. The van der Waals surface area contributed by atoms with Gasteiger partial charge >= 0.3 is 5.97 Å². The van der Waals surface area contributed by atoms with Crippen molar-refractivity contribution in [2.24, 2.45) is 0 Å². The highest BCUT2D eigenvalue weighted by molar-refractivity contribution is 5.85. The van der Waals surface area contributed by atoms with Gasteiger partial charge in [-0.05, 0) is 31.5 Å². The zero-order valence-corrected chi connectivity index (χ0v) is 14.7. The third-order valence-electron chi connectivity index (χ3n) is 4.64. The number of benzene rings is 1. The van der Waals surface area contributed by atoms with Crippen LogP contribution in [0.1, 0.15) is 18.4 Å². The lowest BCUT2D eigenvalue weighted by molar-refractivity contribution is -0.146. The largest absolute Gasteiger partial charge is 0.493 e. The molecule has 2 N–H and O–H groups in total. The molecule has 1 atom stereocenters. The summed E-state index contributed by atoms with van der Waals surface area (Å²) in [5, 5.41) is 0.913. The Hall–Kier alpha value is -2.54. The predicted molar refractivity (Wildman–Crippen MR) is 94.7 cm³/mol. The molecule has 7 heteroatoms. The number of ether oxygens (including phenoxy) is 3. The third-order valence-corrected chi connectivity index (χ3v) is 4.64. The standard InChI is InChI=1S/C18H23N3O4/c1-23-15-8-11-7-12(17(19)20-13(11)9-16(15)24-2)10-21-6-4-5-14(21)18(22)25-3/h7-9,14H,4-6,10H2,1-3H3,(H2,19,20)/t14-/m0/s1. The van der Waals surface area contributed by atoms with Crippen molar-refractivity contribution in [3.63, 3.8) is 0 Å². The number of nitrogen functional groups attached to an aromatic ring is 1. The van der Waals surface area contributed by atoms with E-state index < -0.39 is 0 Å². The van der Waals surface area contributed by atoms with Crippen LogP contribution in [-0.4, -0.2) is 49.8 Å². The Morgan fingerprint density at radius 3 is 2.64 bits per heavy atom. The summed E-state index contributed by atoms with van der Waals surface area (Å²) in [6.45, 7) is 1.39. The van der Waals surface area contributed by atoms with Gasteiger partial charge in [-0.15, -0.1) is 0 Å². The summed E-state index contributed by atoms with van der Waals surface area (Å²) in [4.78, 5) is 18.5. The molecule has 0 spiro atoms. The summed E-state index contributed by atoms with van der Waals surface area (Å²) in [5.74, 6) is 1.51. The molecule has 0 radical (unpaired) electrons. The van der Waals surface area contributed by atoms with Gasteiger partial charge in [-0.1, -0.05) is 0 Å². The molecule has 1 fully saturated rings. The summed E-state index contributed by atoms with van der Waals surface area (Å²) >= 11 is 0. The van der Waals surface area contributed by atoms with Crippen LogP contribution in [0.3, 0.4) is 0 Å². The highest BCUT2D eigenvalue weighted by Gasteiger charge is 2.31. The Bertz CT molecular complexity index is 793. The van der Waals surface area contributed by atoms with E-state index in [1.807, 2.05) is 12.1 Å². The lowest BCUT2D eigenvalue weighted by Crippen LogP contribution is -2.36. The molecule has 0 aliphatic carbocycles. The second-order valence-corrected chi connectivity index (χ2v) is 6.08. The molecule has 1 aromatic carbocycles. The molecule has 1 aromatic heterocycles. The van der Waals surface area contributed by atoms with Crippen LogP contribution < -0.4 is 15.2 Å². The number of nitrogens with two attached hydrogens (primary N) is 1. The maximum Gasteiger partial charge on any atom is 0.323 e. The molecule has 2 heterocycles. The minimum atomic E-state index is -0.217. The fourth-order valence-electron chi connectivity index (χ4n) is 3.32. The van der Waals surface area contributed by atoms with Crippen LogP contribution in [0.4, 0.5) is 5.82 Å². The number of esters is 1. The van der Waals surface area contributed by atoms with Crippen LogP contribution in [0.2, 0.25) is 0 Å². The van der Waals surface area contributed by atoms with Crippen molar-refractivity contribution in [1.29, 1.82) is 0 Å². The Kier molecular flexibility index (Phi) is 4.94. The van der Waals surface area contributed by atoms with E-state index in [1.54, 1.807) is 20.3 Å². The zero-order valence-electron chi connectivity index (χ0n) is 14.7. The monoisotopic (exact) mass is 345 g/mol. The Labute approximate surface area is 146 Å². The number of aromatic nitrogens is 1. The van der Waals surface area contributed by atoms with Crippen molar-refractivity contribution in [2.45, 2.75) is 25.4 Å². The number of pyridine rings is 1. The number of fused-ring (bicyclic) bond motifs is 1. The summed E-state index contributed by atoms with van der Waals surface area (Å²) in [5.41, 5.74) is 7.78. The van der Waals surface area contributed by atoms with Crippen LogP contribution in [0, 0.1) is 0 Å². The minimum absolute atomic E-state index is 0.198. The smallest absolute Gasteiger partial charge is 0.323 e.